The third kappa shape index (κ3) is 1.14. The summed E-state index contributed by atoms with van der Waals surface area (Å²) in [6.45, 7) is 0. The van der Waals surface area contributed by atoms with Crippen LogP contribution in [-0.4, -0.2) is 16.0 Å². The fraction of sp³-hybridized carbons (Fsp3) is 0.556. The highest BCUT2D eigenvalue weighted by Crippen LogP contribution is 2.61. The molecule has 2 aliphatic carbocycles. The Morgan fingerprint density at radius 2 is 2.15 bits per heavy atom. The van der Waals surface area contributed by atoms with Crippen molar-refractivity contribution < 1.29 is 4.79 Å². The molecule has 13 heavy (non-hydrogen) atoms. The van der Waals surface area contributed by atoms with E-state index < -0.39 is 0 Å². The van der Waals surface area contributed by atoms with Crippen molar-refractivity contribution >= 4 is 28.4 Å². The molecule has 2 fully saturated rings. The molecular formula is C9H9IN2O. The Morgan fingerprint density at radius 3 is 2.69 bits per heavy atom. The van der Waals surface area contributed by atoms with E-state index in [9.17, 15) is 4.79 Å². The molecule has 2 aliphatic rings. The monoisotopic (exact) mass is 288 g/mol. The van der Waals surface area contributed by atoms with Crippen LogP contribution in [0.15, 0.2) is 6.07 Å². The maximum absolute atomic E-state index is 11.0. The average Bonchev–Trinajstić information content (AvgIpc) is 2.50. The van der Waals surface area contributed by atoms with Gasteiger partial charge in [0.2, 0.25) is 0 Å². The van der Waals surface area contributed by atoms with Crippen molar-refractivity contribution in [2.45, 2.75) is 18.8 Å². The van der Waals surface area contributed by atoms with E-state index in [1.54, 1.807) is 0 Å². The molecule has 1 aromatic heterocycles. The fourth-order valence-corrected chi connectivity index (χ4v) is 3.01. The minimum atomic E-state index is 0.445. The van der Waals surface area contributed by atoms with Crippen LogP contribution in [0.2, 0.25) is 0 Å². The first-order valence-corrected chi connectivity index (χ1v) is 5.56. The van der Waals surface area contributed by atoms with Gasteiger partial charge in [-0.1, -0.05) is 0 Å². The van der Waals surface area contributed by atoms with Gasteiger partial charge < -0.3 is 0 Å². The number of fused-ring (bicyclic) bond motifs is 1. The largest absolute Gasteiger partial charge is 0.300 e. The number of H-pyrrole nitrogens is 1. The van der Waals surface area contributed by atoms with Crippen LogP contribution in [0.25, 0.3) is 0 Å². The first kappa shape index (κ1) is 7.96. The van der Waals surface area contributed by atoms with Crippen LogP contribution in [0.4, 0.5) is 0 Å². The van der Waals surface area contributed by atoms with E-state index in [1.807, 2.05) is 0 Å². The second-order valence-corrected chi connectivity index (χ2v) is 5.05. The third-order valence-corrected chi connectivity index (χ3v) is 3.74. The Balaban J connectivity index is 1.81. The lowest BCUT2D eigenvalue weighted by molar-refractivity contribution is -0.118. The molecule has 3 nitrogen and oxygen atoms in total. The van der Waals surface area contributed by atoms with Gasteiger partial charge >= 0.3 is 0 Å². The second kappa shape index (κ2) is 2.56. The maximum Gasteiger partial charge on any atom is 0.133 e. The zero-order valence-electron chi connectivity index (χ0n) is 6.96. The Labute approximate surface area is 89.4 Å². The average molecular weight is 288 g/mol. The Kier molecular flexibility index (Phi) is 1.57. The summed E-state index contributed by atoms with van der Waals surface area (Å²) in [5, 5.41) is 7.14. The molecule has 1 aromatic rings. The van der Waals surface area contributed by atoms with Crippen molar-refractivity contribution in [2.24, 2.45) is 11.8 Å². The summed E-state index contributed by atoms with van der Waals surface area (Å²) in [6.07, 6.45) is 1.59. The lowest BCUT2D eigenvalue weighted by atomic mass is 10.1. The number of Topliss-reactive ketones (excluding diaryl/α,β-unsaturated/α-hetero) is 1. The van der Waals surface area contributed by atoms with Gasteiger partial charge in [-0.2, -0.15) is 5.10 Å². The van der Waals surface area contributed by atoms with Gasteiger partial charge in [-0.15, -0.1) is 0 Å². The highest BCUT2D eigenvalue weighted by Gasteiger charge is 2.57. The summed E-state index contributed by atoms with van der Waals surface area (Å²) in [5.41, 5.74) is 1.23. The number of nitrogens with zero attached hydrogens (tertiary/aromatic N) is 1. The minimum Gasteiger partial charge on any atom is -0.300 e. The van der Waals surface area contributed by atoms with Crippen LogP contribution < -0.4 is 0 Å². The summed E-state index contributed by atoms with van der Waals surface area (Å²) in [4.78, 5) is 11.0. The summed E-state index contributed by atoms with van der Waals surface area (Å²) in [7, 11) is 0. The molecule has 0 spiro atoms. The lowest BCUT2D eigenvalue weighted by Crippen LogP contribution is -1.97. The van der Waals surface area contributed by atoms with Crippen LogP contribution in [0.3, 0.4) is 0 Å². The van der Waals surface area contributed by atoms with Gasteiger partial charge in [0.25, 0.3) is 0 Å². The third-order valence-electron chi connectivity index (χ3n) is 3.18. The molecule has 1 heterocycles. The molecular weight excluding hydrogens is 279 g/mol. The number of carbonyl (C=O) groups excluding carboxylic acids is 1. The van der Waals surface area contributed by atoms with Gasteiger partial charge in [-0.3, -0.25) is 9.89 Å². The normalized spacial score (nSPS) is 36.4. The molecule has 0 saturated heterocycles. The predicted molar refractivity (Wildman–Crippen MR) is 55.3 cm³/mol. The molecule has 0 amide bonds. The van der Waals surface area contributed by atoms with Gasteiger partial charge in [-0.25, -0.2) is 0 Å². The number of hydrogen-bond donors (Lipinski definition) is 1. The smallest absolute Gasteiger partial charge is 0.133 e. The van der Waals surface area contributed by atoms with Crippen LogP contribution in [0, 0.1) is 15.5 Å². The molecule has 4 heteroatoms. The van der Waals surface area contributed by atoms with Crippen molar-refractivity contribution in [2.75, 3.05) is 0 Å². The van der Waals surface area contributed by atoms with E-state index in [0.29, 0.717) is 23.5 Å². The Hall–Kier alpha value is -0.390. The molecule has 68 valence electrons. The number of nitrogens with one attached hydrogen (secondary N) is 1. The minimum absolute atomic E-state index is 0.445. The van der Waals surface area contributed by atoms with Crippen LogP contribution >= 0.6 is 22.6 Å². The summed E-state index contributed by atoms with van der Waals surface area (Å²) >= 11 is 2.20. The molecule has 1 N–H and O–H groups in total. The highest BCUT2D eigenvalue weighted by molar-refractivity contribution is 14.1. The fourth-order valence-electron chi connectivity index (χ4n) is 2.55. The number of ketones is 1. The zero-order valence-corrected chi connectivity index (χ0v) is 9.11. The quantitative estimate of drug-likeness (QED) is 0.800. The van der Waals surface area contributed by atoms with Crippen LogP contribution in [-0.2, 0) is 4.79 Å². The predicted octanol–water partition coefficient (Wildman–Crippen LogP) is 1.71. The topological polar surface area (TPSA) is 45.8 Å². The SMILES string of the molecule is O=C1CC2C(C1)C2c1cc(I)n[nH]1. The lowest BCUT2D eigenvalue weighted by Gasteiger charge is -1.97. The molecule has 3 rings (SSSR count). The Morgan fingerprint density at radius 1 is 1.46 bits per heavy atom. The molecule has 0 radical (unpaired) electrons. The number of aromatic amines is 1. The number of halogens is 1. The number of rotatable bonds is 1. The number of hydrogen-bond acceptors (Lipinski definition) is 2. The standard InChI is InChI=1S/C9H9IN2O/c10-8-3-7(11-12-8)9-5-1-4(13)2-6(5)9/h3,5-6,9H,1-2H2,(H,11,12). The van der Waals surface area contributed by atoms with Crippen molar-refractivity contribution in [3.05, 3.63) is 15.5 Å². The van der Waals surface area contributed by atoms with Crippen LogP contribution in [0.5, 0.6) is 0 Å². The van der Waals surface area contributed by atoms with Crippen molar-refractivity contribution in [3.8, 4) is 0 Å². The van der Waals surface area contributed by atoms with E-state index in [4.69, 9.17) is 0 Å². The van der Waals surface area contributed by atoms with Gasteiger partial charge in [0, 0.05) is 24.5 Å². The molecule has 0 bridgehead atoms. The van der Waals surface area contributed by atoms with Gasteiger partial charge in [0.1, 0.15) is 9.48 Å². The number of aromatic nitrogens is 2. The summed E-state index contributed by atoms with van der Waals surface area (Å²) in [6, 6.07) is 2.09. The molecule has 0 aliphatic heterocycles. The first-order valence-electron chi connectivity index (χ1n) is 4.48. The maximum atomic E-state index is 11.0. The zero-order chi connectivity index (χ0) is 9.00. The molecule has 2 atom stereocenters. The molecule has 2 saturated carbocycles. The summed E-state index contributed by atoms with van der Waals surface area (Å²) < 4.78 is 1.02. The number of carbonyl (C=O) groups is 1. The van der Waals surface area contributed by atoms with E-state index in [-0.39, 0.29) is 0 Å². The molecule has 2 unspecified atom stereocenters. The van der Waals surface area contributed by atoms with E-state index in [0.717, 1.165) is 16.5 Å². The van der Waals surface area contributed by atoms with E-state index >= 15 is 0 Å². The van der Waals surface area contributed by atoms with Crippen molar-refractivity contribution in [3.63, 3.8) is 0 Å². The second-order valence-electron chi connectivity index (χ2n) is 3.95. The van der Waals surface area contributed by atoms with Crippen molar-refractivity contribution in [1.82, 2.24) is 10.2 Å². The summed E-state index contributed by atoms with van der Waals surface area (Å²) in [5.74, 6) is 2.31. The van der Waals surface area contributed by atoms with Crippen LogP contribution in [0.1, 0.15) is 24.5 Å². The Bertz CT molecular complexity index is 359. The molecule has 0 aromatic carbocycles. The van der Waals surface area contributed by atoms with Gasteiger partial charge in [0.05, 0.1) is 0 Å². The highest BCUT2D eigenvalue weighted by atomic mass is 127. The van der Waals surface area contributed by atoms with Gasteiger partial charge in [0.15, 0.2) is 0 Å². The van der Waals surface area contributed by atoms with Gasteiger partial charge in [-0.05, 0) is 40.5 Å². The van der Waals surface area contributed by atoms with E-state index in [1.165, 1.54) is 5.69 Å². The van der Waals surface area contributed by atoms with E-state index in [2.05, 4.69) is 38.9 Å². The van der Waals surface area contributed by atoms with Crippen molar-refractivity contribution in [1.29, 1.82) is 0 Å². The first-order chi connectivity index (χ1) is 6.25.